The molecule has 0 N–H and O–H groups in total. The first-order valence-electron chi connectivity index (χ1n) is 9.58. The lowest BCUT2D eigenvalue weighted by molar-refractivity contribution is -0.958. The molecule has 1 fully saturated rings. The number of aromatic nitrogens is 2. The molecule has 0 unspecified atom stereocenters. The molecule has 5 nitrogen and oxygen atoms in total. The van der Waals surface area contributed by atoms with Crippen LogP contribution >= 0.6 is 11.6 Å². The summed E-state index contributed by atoms with van der Waals surface area (Å²) < 4.78 is 6.51. The number of hydrogen-bond acceptors (Lipinski definition) is 4. The SMILES string of the molecule is N#Cc1ccc(C[N+]2(Cc3nc(-c4ccc(Cl)cc4)no3)CCCCC2)cc1. The molecule has 0 saturated carbocycles. The molecule has 0 radical (unpaired) electrons. The summed E-state index contributed by atoms with van der Waals surface area (Å²) in [5, 5.41) is 13.9. The first kappa shape index (κ1) is 18.7. The van der Waals surface area contributed by atoms with Crippen molar-refractivity contribution in [3.63, 3.8) is 0 Å². The van der Waals surface area contributed by atoms with Crippen molar-refractivity contribution in [2.75, 3.05) is 13.1 Å². The van der Waals surface area contributed by atoms with Gasteiger partial charge >= 0.3 is 0 Å². The van der Waals surface area contributed by atoms with E-state index in [-0.39, 0.29) is 0 Å². The third-order valence-corrected chi connectivity index (χ3v) is 5.66. The molecule has 1 aliphatic heterocycles. The fourth-order valence-corrected chi connectivity index (χ4v) is 4.08. The van der Waals surface area contributed by atoms with Crippen LogP contribution in [-0.4, -0.2) is 27.7 Å². The lowest BCUT2D eigenvalue weighted by Crippen LogP contribution is -2.50. The average Bonchev–Trinajstić information content (AvgIpc) is 3.18. The normalized spacial score (nSPS) is 15.9. The second-order valence-corrected chi connectivity index (χ2v) is 7.93. The van der Waals surface area contributed by atoms with Gasteiger partial charge in [-0.25, -0.2) is 0 Å². The molecule has 142 valence electrons. The molecular weight excluding hydrogens is 372 g/mol. The number of hydrogen-bond donors (Lipinski definition) is 0. The zero-order chi connectivity index (χ0) is 19.4. The van der Waals surface area contributed by atoms with Crippen molar-refractivity contribution in [1.29, 1.82) is 5.26 Å². The van der Waals surface area contributed by atoms with Gasteiger partial charge in [0.2, 0.25) is 5.82 Å². The predicted octanol–water partition coefficient (Wildman–Crippen LogP) is 4.96. The van der Waals surface area contributed by atoms with E-state index in [1.807, 2.05) is 36.4 Å². The van der Waals surface area contributed by atoms with Crippen molar-refractivity contribution >= 4 is 11.6 Å². The summed E-state index contributed by atoms with van der Waals surface area (Å²) in [6.45, 7) is 3.82. The third kappa shape index (κ3) is 4.24. The summed E-state index contributed by atoms with van der Waals surface area (Å²) in [4.78, 5) is 4.64. The van der Waals surface area contributed by atoms with Gasteiger partial charge in [-0.05, 0) is 55.7 Å². The summed E-state index contributed by atoms with van der Waals surface area (Å²) in [6.07, 6.45) is 3.68. The van der Waals surface area contributed by atoms with Crippen LogP contribution in [0.15, 0.2) is 53.1 Å². The van der Waals surface area contributed by atoms with Crippen LogP contribution in [0.2, 0.25) is 5.02 Å². The Morgan fingerprint density at radius 1 is 0.964 bits per heavy atom. The molecular formula is C22H22ClN4O+. The van der Waals surface area contributed by atoms with E-state index in [2.05, 4.69) is 28.3 Å². The van der Waals surface area contributed by atoms with E-state index in [4.69, 9.17) is 21.4 Å². The highest BCUT2D eigenvalue weighted by Crippen LogP contribution is 2.27. The standard InChI is InChI=1S/C22H22ClN4O/c23-20-10-8-19(9-11-20)22-25-21(28-26-22)16-27(12-2-1-3-13-27)15-18-6-4-17(14-24)5-7-18/h4-11H,1-3,12-13,15-16H2/q+1. The van der Waals surface area contributed by atoms with Crippen LogP contribution in [0.3, 0.4) is 0 Å². The van der Waals surface area contributed by atoms with Gasteiger partial charge in [0.1, 0.15) is 6.54 Å². The van der Waals surface area contributed by atoms with E-state index < -0.39 is 0 Å². The Balaban J connectivity index is 1.54. The molecule has 2 heterocycles. The van der Waals surface area contributed by atoms with Gasteiger partial charge in [0.15, 0.2) is 6.54 Å². The lowest BCUT2D eigenvalue weighted by Gasteiger charge is -2.40. The van der Waals surface area contributed by atoms with E-state index in [0.29, 0.717) is 22.3 Å². The molecule has 1 aromatic heterocycles. The van der Waals surface area contributed by atoms with Gasteiger partial charge in [0.05, 0.1) is 24.7 Å². The van der Waals surface area contributed by atoms with Crippen LogP contribution in [0, 0.1) is 11.3 Å². The maximum absolute atomic E-state index is 9.02. The Labute approximate surface area is 169 Å². The minimum Gasteiger partial charge on any atom is -0.333 e. The Kier molecular flexibility index (Phi) is 5.43. The number of quaternary nitrogens is 1. The topological polar surface area (TPSA) is 62.7 Å². The molecule has 0 amide bonds. The number of nitriles is 1. The Morgan fingerprint density at radius 2 is 1.68 bits per heavy atom. The monoisotopic (exact) mass is 393 g/mol. The van der Waals surface area contributed by atoms with Gasteiger partial charge in [-0.1, -0.05) is 28.9 Å². The quantitative estimate of drug-likeness (QED) is 0.574. The zero-order valence-corrected chi connectivity index (χ0v) is 16.4. The van der Waals surface area contributed by atoms with E-state index in [1.165, 1.54) is 24.8 Å². The average molecular weight is 394 g/mol. The highest BCUT2D eigenvalue weighted by molar-refractivity contribution is 6.30. The maximum Gasteiger partial charge on any atom is 0.282 e. The molecule has 0 atom stereocenters. The number of benzene rings is 2. The highest BCUT2D eigenvalue weighted by atomic mass is 35.5. The zero-order valence-electron chi connectivity index (χ0n) is 15.6. The lowest BCUT2D eigenvalue weighted by atomic mass is 10.0. The minimum atomic E-state index is 0.597. The molecule has 6 heteroatoms. The molecule has 0 bridgehead atoms. The minimum absolute atomic E-state index is 0.597. The Morgan fingerprint density at radius 3 is 2.36 bits per heavy atom. The van der Waals surface area contributed by atoms with E-state index in [1.54, 1.807) is 0 Å². The van der Waals surface area contributed by atoms with Crippen LogP contribution in [0.25, 0.3) is 11.4 Å². The molecule has 0 spiro atoms. The van der Waals surface area contributed by atoms with Crippen LogP contribution in [0.4, 0.5) is 0 Å². The van der Waals surface area contributed by atoms with Crippen LogP contribution in [0.5, 0.6) is 0 Å². The first-order chi connectivity index (χ1) is 13.7. The fourth-order valence-electron chi connectivity index (χ4n) is 3.95. The molecule has 1 saturated heterocycles. The molecule has 4 rings (SSSR count). The largest absolute Gasteiger partial charge is 0.333 e. The predicted molar refractivity (Wildman–Crippen MR) is 107 cm³/mol. The van der Waals surface area contributed by atoms with Crippen molar-refractivity contribution in [2.24, 2.45) is 0 Å². The van der Waals surface area contributed by atoms with E-state index >= 15 is 0 Å². The van der Waals surface area contributed by atoms with Crippen molar-refractivity contribution in [3.8, 4) is 17.5 Å². The third-order valence-electron chi connectivity index (χ3n) is 5.41. The number of halogens is 1. The van der Waals surface area contributed by atoms with Gasteiger partial charge in [0, 0.05) is 16.1 Å². The second-order valence-electron chi connectivity index (χ2n) is 7.49. The van der Waals surface area contributed by atoms with E-state index in [9.17, 15) is 0 Å². The highest BCUT2D eigenvalue weighted by Gasteiger charge is 2.33. The van der Waals surface area contributed by atoms with Gasteiger partial charge < -0.3 is 9.01 Å². The van der Waals surface area contributed by atoms with Crippen molar-refractivity contribution in [2.45, 2.75) is 32.4 Å². The number of piperidine rings is 1. The summed E-state index contributed by atoms with van der Waals surface area (Å²) >= 11 is 5.96. The van der Waals surface area contributed by atoms with Gasteiger partial charge in [-0.15, -0.1) is 0 Å². The molecule has 3 aromatic rings. The van der Waals surface area contributed by atoms with Gasteiger partial charge in [-0.3, -0.25) is 0 Å². The van der Waals surface area contributed by atoms with Crippen molar-refractivity contribution in [1.82, 2.24) is 10.1 Å². The van der Waals surface area contributed by atoms with Crippen LogP contribution in [0.1, 0.15) is 36.3 Å². The fraction of sp³-hybridized carbons (Fsp3) is 0.318. The van der Waals surface area contributed by atoms with Gasteiger partial charge in [0.25, 0.3) is 5.89 Å². The van der Waals surface area contributed by atoms with Crippen LogP contribution < -0.4 is 0 Å². The second kappa shape index (κ2) is 8.14. The van der Waals surface area contributed by atoms with Crippen molar-refractivity contribution < 1.29 is 9.01 Å². The molecule has 2 aromatic carbocycles. The number of nitrogens with zero attached hydrogens (tertiary/aromatic N) is 4. The Hall–Kier alpha value is -2.68. The summed E-state index contributed by atoms with van der Waals surface area (Å²) in [7, 11) is 0. The molecule has 28 heavy (non-hydrogen) atoms. The van der Waals surface area contributed by atoms with Gasteiger partial charge in [-0.2, -0.15) is 10.2 Å². The van der Waals surface area contributed by atoms with Crippen LogP contribution in [-0.2, 0) is 13.1 Å². The molecule has 1 aliphatic rings. The number of likely N-dealkylation sites (tertiary alicyclic amines) is 1. The number of rotatable bonds is 5. The smallest absolute Gasteiger partial charge is 0.282 e. The molecule has 0 aliphatic carbocycles. The van der Waals surface area contributed by atoms with Crippen molar-refractivity contribution in [3.05, 3.63) is 70.6 Å². The summed E-state index contributed by atoms with van der Waals surface area (Å²) in [6, 6.07) is 17.5. The first-order valence-corrected chi connectivity index (χ1v) is 9.96. The summed E-state index contributed by atoms with van der Waals surface area (Å²) in [5.41, 5.74) is 2.83. The maximum atomic E-state index is 9.02. The Bertz CT molecular complexity index is 967. The van der Waals surface area contributed by atoms with E-state index in [0.717, 1.165) is 36.2 Å². The summed E-state index contributed by atoms with van der Waals surface area (Å²) in [5.74, 6) is 1.26.